The van der Waals surface area contributed by atoms with Gasteiger partial charge in [0.05, 0.1) is 0 Å². The van der Waals surface area contributed by atoms with Crippen molar-refractivity contribution in [2.75, 3.05) is 18.6 Å². The summed E-state index contributed by atoms with van der Waals surface area (Å²) in [4.78, 5) is 17.3. The van der Waals surface area contributed by atoms with Crippen molar-refractivity contribution in [2.45, 2.75) is 0 Å². The van der Waals surface area contributed by atoms with E-state index in [-0.39, 0.29) is 0 Å². The summed E-state index contributed by atoms with van der Waals surface area (Å²) in [5.41, 5.74) is 0. The monoisotopic (exact) mass is 204 g/mol. The van der Waals surface area contributed by atoms with E-state index in [1.165, 1.54) is 0 Å². The van der Waals surface area contributed by atoms with Gasteiger partial charge in [0.15, 0.2) is 0 Å². The molecule has 11 heavy (non-hydrogen) atoms. The lowest BCUT2D eigenvalue weighted by molar-refractivity contribution is 0.326. The van der Waals surface area contributed by atoms with Gasteiger partial charge in [-0.25, -0.2) is 0 Å². The van der Waals surface area contributed by atoms with Gasteiger partial charge in [-0.3, -0.25) is 9.13 Å². The Labute approximate surface area is 63.4 Å². The van der Waals surface area contributed by atoms with Gasteiger partial charge in [-0.1, -0.05) is 0 Å². The van der Waals surface area contributed by atoms with Crippen LogP contribution in [0.3, 0.4) is 0 Å². The van der Waals surface area contributed by atoms with Crippen molar-refractivity contribution in [3.63, 3.8) is 0 Å². The maximum absolute atomic E-state index is 10.6. The molecule has 0 amide bonds. The first-order chi connectivity index (χ1) is 4.83. The number of rotatable bonds is 4. The normalized spacial score (nSPS) is 22.2. The number of hydrogen-bond donors (Lipinski definition) is 4. The van der Waals surface area contributed by atoms with E-state index in [0.29, 0.717) is 0 Å². The quantitative estimate of drug-likeness (QED) is 0.454. The summed E-state index contributed by atoms with van der Waals surface area (Å²) in [6, 6.07) is 0. The van der Waals surface area contributed by atoms with E-state index < -0.39 is 33.3 Å². The molecule has 0 bridgehead atoms. The fourth-order valence-corrected chi connectivity index (χ4v) is 3.91. The lowest BCUT2D eigenvalue weighted by atomic mass is 11.7. The SMILES string of the molecule is O=P(O)(CO)CP(=O)(O)CO. The van der Waals surface area contributed by atoms with E-state index in [1.54, 1.807) is 0 Å². The second kappa shape index (κ2) is 3.81. The lowest BCUT2D eigenvalue weighted by Crippen LogP contribution is -1.97. The smallest absolute Gasteiger partial charge is 0.234 e. The fraction of sp³-hybridized carbons (Fsp3) is 1.00. The van der Waals surface area contributed by atoms with Gasteiger partial charge in [-0.05, 0) is 0 Å². The molecule has 68 valence electrons. The molecule has 0 heterocycles. The molecule has 0 saturated carbocycles. The zero-order valence-electron chi connectivity index (χ0n) is 5.62. The molecule has 0 aliphatic carbocycles. The van der Waals surface area contributed by atoms with E-state index >= 15 is 0 Å². The minimum absolute atomic E-state index is 0.938. The van der Waals surface area contributed by atoms with Gasteiger partial charge in [0.25, 0.3) is 0 Å². The molecule has 0 aromatic heterocycles. The summed E-state index contributed by atoms with van der Waals surface area (Å²) in [6.07, 6.45) is -2.09. The van der Waals surface area contributed by atoms with Crippen LogP contribution in [0.5, 0.6) is 0 Å². The van der Waals surface area contributed by atoms with Gasteiger partial charge in [-0.2, -0.15) is 0 Å². The molecule has 0 aromatic rings. The van der Waals surface area contributed by atoms with Gasteiger partial charge in [0.2, 0.25) is 14.7 Å². The Bertz CT molecular complexity index is 190. The molecule has 0 radical (unpaired) electrons. The Hall–Kier alpha value is 0.300. The third-order valence-electron chi connectivity index (χ3n) is 0.884. The standard InChI is InChI=1S/C3H10O6P2/c4-1-10(6,7)3-11(8,9)2-5/h4-5H,1-3H2,(H,6,7)(H,8,9). The Morgan fingerprint density at radius 3 is 1.36 bits per heavy atom. The average Bonchev–Trinajstić information content (AvgIpc) is 1.86. The molecule has 0 spiro atoms. The Morgan fingerprint density at radius 1 is 0.909 bits per heavy atom. The number of aliphatic hydroxyl groups is 2. The zero-order valence-corrected chi connectivity index (χ0v) is 7.41. The van der Waals surface area contributed by atoms with Crippen molar-refractivity contribution in [3.05, 3.63) is 0 Å². The molecular weight excluding hydrogens is 194 g/mol. The summed E-state index contributed by atoms with van der Waals surface area (Å²) in [7, 11) is -7.86. The Balaban J connectivity index is 4.26. The third-order valence-corrected chi connectivity index (χ3v) is 5.30. The van der Waals surface area contributed by atoms with Crippen LogP contribution in [0, 0.1) is 0 Å². The van der Waals surface area contributed by atoms with Crippen LogP contribution in [0.4, 0.5) is 0 Å². The van der Waals surface area contributed by atoms with Crippen LogP contribution in [0.15, 0.2) is 0 Å². The average molecular weight is 204 g/mol. The van der Waals surface area contributed by atoms with Crippen LogP contribution in [0.1, 0.15) is 0 Å². The molecule has 0 saturated heterocycles. The number of hydrogen-bond acceptors (Lipinski definition) is 4. The highest BCUT2D eigenvalue weighted by atomic mass is 31.2. The Morgan fingerprint density at radius 2 is 1.18 bits per heavy atom. The van der Waals surface area contributed by atoms with Crippen molar-refractivity contribution in [2.24, 2.45) is 0 Å². The first-order valence-electron chi connectivity index (χ1n) is 2.66. The topological polar surface area (TPSA) is 115 Å². The van der Waals surface area contributed by atoms with Gasteiger partial charge in [0, 0.05) is 0 Å². The van der Waals surface area contributed by atoms with E-state index in [9.17, 15) is 9.13 Å². The van der Waals surface area contributed by atoms with Crippen molar-refractivity contribution >= 4 is 14.7 Å². The largest absolute Gasteiger partial charge is 0.386 e. The minimum Gasteiger partial charge on any atom is -0.386 e. The lowest BCUT2D eigenvalue weighted by Gasteiger charge is -2.11. The second-order valence-electron chi connectivity index (χ2n) is 2.12. The molecule has 0 aliphatic heterocycles. The second-order valence-corrected chi connectivity index (χ2v) is 7.20. The first-order valence-corrected chi connectivity index (χ1v) is 6.72. The zero-order chi connectivity index (χ0) is 9.12. The highest BCUT2D eigenvalue weighted by Gasteiger charge is 2.29. The molecular formula is C3H10O6P2. The maximum atomic E-state index is 10.6. The molecule has 0 aromatic carbocycles. The Kier molecular flexibility index (Phi) is 3.91. The van der Waals surface area contributed by atoms with Gasteiger partial charge in [-0.15, -0.1) is 0 Å². The predicted molar refractivity (Wildman–Crippen MR) is 38.7 cm³/mol. The molecule has 0 aliphatic rings. The highest BCUT2D eigenvalue weighted by molar-refractivity contribution is 7.75. The van der Waals surface area contributed by atoms with Crippen molar-refractivity contribution < 1.29 is 29.1 Å². The summed E-state index contributed by atoms with van der Waals surface area (Å²) in [5, 5.41) is 16.5. The van der Waals surface area contributed by atoms with Gasteiger partial charge >= 0.3 is 0 Å². The third kappa shape index (κ3) is 4.69. The van der Waals surface area contributed by atoms with Crippen LogP contribution in [0.2, 0.25) is 0 Å². The number of aliphatic hydroxyl groups excluding tert-OH is 2. The van der Waals surface area contributed by atoms with Crippen molar-refractivity contribution in [3.8, 4) is 0 Å². The van der Waals surface area contributed by atoms with Gasteiger partial charge in [0.1, 0.15) is 18.6 Å². The summed E-state index contributed by atoms with van der Waals surface area (Å²) >= 11 is 0. The molecule has 8 heteroatoms. The van der Waals surface area contributed by atoms with E-state index in [4.69, 9.17) is 20.0 Å². The van der Waals surface area contributed by atoms with Crippen LogP contribution >= 0.6 is 14.7 Å². The first kappa shape index (κ1) is 11.3. The molecule has 0 fully saturated rings. The van der Waals surface area contributed by atoms with Gasteiger partial charge < -0.3 is 20.0 Å². The van der Waals surface area contributed by atoms with Crippen LogP contribution < -0.4 is 0 Å². The van der Waals surface area contributed by atoms with E-state index in [0.717, 1.165) is 0 Å². The van der Waals surface area contributed by atoms with E-state index in [2.05, 4.69) is 0 Å². The minimum atomic E-state index is -3.93. The van der Waals surface area contributed by atoms with Crippen LogP contribution in [-0.2, 0) is 9.13 Å². The molecule has 4 N–H and O–H groups in total. The summed E-state index contributed by atoms with van der Waals surface area (Å²) in [5.74, 6) is -0.938. The summed E-state index contributed by atoms with van der Waals surface area (Å²) < 4.78 is 21.2. The molecule has 6 nitrogen and oxygen atoms in total. The molecule has 0 rings (SSSR count). The van der Waals surface area contributed by atoms with Crippen LogP contribution in [-0.4, -0.2) is 38.6 Å². The van der Waals surface area contributed by atoms with Crippen molar-refractivity contribution in [1.29, 1.82) is 0 Å². The van der Waals surface area contributed by atoms with Crippen molar-refractivity contribution in [1.82, 2.24) is 0 Å². The molecule has 2 atom stereocenters. The predicted octanol–water partition coefficient (Wildman–Crippen LogP) is -0.616. The fourth-order valence-electron chi connectivity index (χ4n) is 0.435. The highest BCUT2D eigenvalue weighted by Crippen LogP contribution is 2.55. The van der Waals surface area contributed by atoms with E-state index in [1.807, 2.05) is 0 Å². The maximum Gasteiger partial charge on any atom is 0.234 e. The molecule has 2 unspecified atom stereocenters. The van der Waals surface area contributed by atoms with Crippen LogP contribution in [0.25, 0.3) is 0 Å². The summed E-state index contributed by atoms with van der Waals surface area (Å²) in [6.45, 7) is 0.